The van der Waals surface area contributed by atoms with E-state index < -0.39 is 0 Å². The minimum absolute atomic E-state index is 0.717. The first kappa shape index (κ1) is 16.8. The van der Waals surface area contributed by atoms with Gasteiger partial charge in [0.15, 0.2) is 0 Å². The third-order valence-corrected chi connectivity index (χ3v) is 5.19. The predicted molar refractivity (Wildman–Crippen MR) is 103 cm³/mol. The van der Waals surface area contributed by atoms with Crippen LogP contribution in [0.2, 0.25) is 0 Å². The van der Waals surface area contributed by atoms with E-state index in [1.54, 1.807) is 0 Å². The van der Waals surface area contributed by atoms with Gasteiger partial charge >= 0.3 is 0 Å². The summed E-state index contributed by atoms with van der Waals surface area (Å²) in [4.78, 5) is 14.3. The van der Waals surface area contributed by atoms with E-state index in [4.69, 9.17) is 15.2 Å². The Morgan fingerprint density at radius 1 is 1.04 bits per heavy atom. The molecule has 2 aliphatic rings. The van der Waals surface area contributed by atoms with Crippen LogP contribution in [0.5, 0.6) is 0 Å². The van der Waals surface area contributed by atoms with Crippen LogP contribution >= 0.6 is 0 Å². The molecule has 0 spiro atoms. The van der Waals surface area contributed by atoms with Crippen molar-refractivity contribution in [2.24, 2.45) is 0 Å². The number of nitriles is 1. The van der Waals surface area contributed by atoms with E-state index in [9.17, 15) is 0 Å². The number of aryl methyl sites for hydroxylation is 1. The molecule has 0 saturated carbocycles. The zero-order valence-electron chi connectivity index (χ0n) is 15.2. The van der Waals surface area contributed by atoms with Crippen LogP contribution in [0.4, 0.5) is 11.5 Å². The van der Waals surface area contributed by atoms with Crippen LogP contribution in [0.1, 0.15) is 22.6 Å². The number of piperazine rings is 1. The van der Waals surface area contributed by atoms with Crippen LogP contribution in [0.3, 0.4) is 0 Å². The van der Waals surface area contributed by atoms with Crippen molar-refractivity contribution in [2.75, 3.05) is 49.1 Å². The Morgan fingerprint density at radius 3 is 2.62 bits per heavy atom. The van der Waals surface area contributed by atoms with E-state index in [2.05, 4.69) is 27.3 Å². The first-order chi connectivity index (χ1) is 12.7. The lowest BCUT2D eigenvalue weighted by Gasteiger charge is -2.37. The first-order valence-electron chi connectivity index (χ1n) is 9.32. The monoisotopic (exact) mass is 348 g/mol. The highest BCUT2D eigenvalue weighted by Crippen LogP contribution is 2.26. The van der Waals surface area contributed by atoms with Crippen LogP contribution in [-0.2, 0) is 12.8 Å². The van der Waals surface area contributed by atoms with Gasteiger partial charge in [0, 0.05) is 50.4 Å². The molecule has 6 heteroatoms. The summed E-state index contributed by atoms with van der Waals surface area (Å²) < 4.78 is 0. The van der Waals surface area contributed by atoms with E-state index in [0.717, 1.165) is 69.4 Å². The maximum Gasteiger partial charge on any atom is 0.135 e. The van der Waals surface area contributed by atoms with Gasteiger partial charge in [0.2, 0.25) is 0 Å². The molecule has 0 unspecified atom stereocenters. The molecule has 1 aromatic heterocycles. The first-order valence-corrected chi connectivity index (χ1v) is 9.32. The van der Waals surface area contributed by atoms with Gasteiger partial charge in [-0.25, -0.2) is 9.97 Å². The predicted octanol–water partition coefficient (Wildman–Crippen LogP) is 1.67. The minimum atomic E-state index is 0.717. The fraction of sp³-hybridized carbons (Fsp3) is 0.450. The number of aromatic nitrogens is 2. The van der Waals surface area contributed by atoms with E-state index >= 15 is 0 Å². The Bertz CT molecular complexity index is 833. The van der Waals surface area contributed by atoms with Crippen molar-refractivity contribution < 1.29 is 0 Å². The van der Waals surface area contributed by atoms with Gasteiger partial charge in [0.1, 0.15) is 11.6 Å². The van der Waals surface area contributed by atoms with Gasteiger partial charge in [-0.3, -0.25) is 0 Å². The Morgan fingerprint density at radius 2 is 1.81 bits per heavy atom. The third kappa shape index (κ3) is 3.35. The summed E-state index contributed by atoms with van der Waals surface area (Å²) in [7, 11) is 0. The zero-order chi connectivity index (χ0) is 17.9. The number of nitrogens with one attached hydrogen (secondary N) is 1. The van der Waals surface area contributed by atoms with E-state index in [0.29, 0.717) is 5.56 Å². The Kier molecular flexibility index (Phi) is 4.72. The van der Waals surface area contributed by atoms with Crippen LogP contribution in [0.15, 0.2) is 24.3 Å². The summed E-state index contributed by atoms with van der Waals surface area (Å²) in [5, 5.41) is 12.6. The van der Waals surface area contributed by atoms with Crippen molar-refractivity contribution in [3.8, 4) is 6.07 Å². The molecular formula is C20H24N6. The van der Waals surface area contributed by atoms with Crippen molar-refractivity contribution in [1.29, 1.82) is 5.26 Å². The molecule has 134 valence electrons. The van der Waals surface area contributed by atoms with Crippen molar-refractivity contribution in [3.05, 3.63) is 46.9 Å². The van der Waals surface area contributed by atoms with Gasteiger partial charge in [0.05, 0.1) is 17.3 Å². The van der Waals surface area contributed by atoms with Crippen molar-refractivity contribution in [2.45, 2.75) is 19.8 Å². The Balaban J connectivity index is 1.53. The summed E-state index contributed by atoms with van der Waals surface area (Å²) in [5.41, 5.74) is 4.38. The average molecular weight is 348 g/mol. The second kappa shape index (κ2) is 7.30. The topological polar surface area (TPSA) is 68.1 Å². The van der Waals surface area contributed by atoms with E-state index in [1.165, 1.54) is 11.3 Å². The number of benzene rings is 1. The highest BCUT2D eigenvalue weighted by Gasteiger charge is 2.24. The molecule has 1 N–H and O–H groups in total. The summed E-state index contributed by atoms with van der Waals surface area (Å²) >= 11 is 0. The van der Waals surface area contributed by atoms with Gasteiger partial charge in [-0.05, 0) is 38.1 Å². The van der Waals surface area contributed by atoms with Gasteiger partial charge in [0.25, 0.3) is 0 Å². The van der Waals surface area contributed by atoms with Crippen LogP contribution < -0.4 is 15.1 Å². The highest BCUT2D eigenvalue weighted by molar-refractivity contribution is 5.55. The molecule has 2 aromatic rings. The number of anilines is 2. The summed E-state index contributed by atoms with van der Waals surface area (Å²) in [5.74, 6) is 1.99. The highest BCUT2D eigenvalue weighted by atomic mass is 15.3. The molecule has 1 saturated heterocycles. The number of hydrogen-bond acceptors (Lipinski definition) is 6. The number of rotatable bonds is 2. The van der Waals surface area contributed by atoms with Crippen molar-refractivity contribution in [3.63, 3.8) is 0 Å². The summed E-state index contributed by atoms with van der Waals surface area (Å²) in [6.07, 6.45) is 1.97. The maximum absolute atomic E-state index is 9.12. The fourth-order valence-corrected chi connectivity index (χ4v) is 3.86. The lowest BCUT2D eigenvalue weighted by molar-refractivity contribution is 0.641. The summed E-state index contributed by atoms with van der Waals surface area (Å²) in [6.45, 7) is 7.72. The third-order valence-electron chi connectivity index (χ3n) is 5.19. The molecule has 0 amide bonds. The normalized spacial score (nSPS) is 17.4. The van der Waals surface area contributed by atoms with E-state index in [-0.39, 0.29) is 0 Å². The second-order valence-electron chi connectivity index (χ2n) is 6.91. The molecule has 4 rings (SSSR count). The SMILES string of the molecule is Cc1nc2c(c(N3CCN(c4cccc(C#N)c4)CC3)n1)CCNCC2. The molecule has 1 fully saturated rings. The van der Waals surface area contributed by atoms with Crippen molar-refractivity contribution in [1.82, 2.24) is 15.3 Å². The molecule has 0 atom stereocenters. The molecule has 0 aliphatic carbocycles. The van der Waals surface area contributed by atoms with E-state index in [1.807, 2.05) is 25.1 Å². The minimum Gasteiger partial charge on any atom is -0.368 e. The van der Waals surface area contributed by atoms with Gasteiger partial charge in [-0.2, -0.15) is 5.26 Å². The quantitative estimate of drug-likeness (QED) is 0.890. The number of fused-ring (bicyclic) bond motifs is 1. The van der Waals surface area contributed by atoms with Gasteiger partial charge in [-0.1, -0.05) is 6.07 Å². The molecule has 0 bridgehead atoms. The summed E-state index contributed by atoms with van der Waals surface area (Å²) in [6, 6.07) is 10.1. The number of hydrogen-bond donors (Lipinski definition) is 1. The van der Waals surface area contributed by atoms with Gasteiger partial charge in [-0.15, -0.1) is 0 Å². The molecule has 2 aliphatic heterocycles. The standard InChI is InChI=1S/C20H24N6/c1-15-23-19-6-8-22-7-5-18(19)20(24-15)26-11-9-25(10-12-26)17-4-2-3-16(13-17)14-21/h2-4,13,22H,5-12H2,1H3. The second-order valence-corrected chi connectivity index (χ2v) is 6.91. The van der Waals surface area contributed by atoms with Crippen LogP contribution in [0.25, 0.3) is 0 Å². The lowest BCUT2D eigenvalue weighted by atomic mass is 10.1. The smallest absolute Gasteiger partial charge is 0.135 e. The molecule has 26 heavy (non-hydrogen) atoms. The molecular weight excluding hydrogens is 324 g/mol. The molecule has 1 aromatic carbocycles. The molecule has 6 nitrogen and oxygen atoms in total. The molecule has 3 heterocycles. The Labute approximate surface area is 154 Å². The fourth-order valence-electron chi connectivity index (χ4n) is 3.86. The largest absolute Gasteiger partial charge is 0.368 e. The van der Waals surface area contributed by atoms with Crippen molar-refractivity contribution >= 4 is 11.5 Å². The van der Waals surface area contributed by atoms with Crippen LogP contribution in [0, 0.1) is 18.3 Å². The van der Waals surface area contributed by atoms with Gasteiger partial charge < -0.3 is 15.1 Å². The Hall–Kier alpha value is -2.65. The average Bonchev–Trinajstić information content (AvgIpc) is 2.93. The lowest BCUT2D eigenvalue weighted by Crippen LogP contribution is -2.47. The maximum atomic E-state index is 9.12. The number of nitrogens with zero attached hydrogens (tertiary/aromatic N) is 5. The molecule has 0 radical (unpaired) electrons. The van der Waals surface area contributed by atoms with Crippen LogP contribution in [-0.4, -0.2) is 49.2 Å². The zero-order valence-corrected chi connectivity index (χ0v) is 15.2.